The first-order chi connectivity index (χ1) is 11.4. The van der Waals surface area contributed by atoms with E-state index in [0.29, 0.717) is 20.7 Å². The molecule has 0 saturated carbocycles. The van der Waals surface area contributed by atoms with Gasteiger partial charge in [-0.05, 0) is 29.4 Å². The molecule has 0 spiro atoms. The Balaban J connectivity index is 0.00000139. The molecule has 2 rings (SSSR count). The third kappa shape index (κ3) is 4.81. The third-order valence-electron chi connectivity index (χ3n) is 3.16. The van der Waals surface area contributed by atoms with Crippen molar-refractivity contribution < 1.29 is 8.78 Å². The molecule has 1 heterocycles. The van der Waals surface area contributed by atoms with Crippen LogP contribution in [0.3, 0.4) is 0 Å². The van der Waals surface area contributed by atoms with Crippen molar-refractivity contribution in [1.82, 2.24) is 0 Å². The molecule has 0 aliphatic heterocycles. The molecule has 0 saturated heterocycles. The Labute approximate surface area is 149 Å². The summed E-state index contributed by atoms with van der Waals surface area (Å²) in [6.45, 7) is 9.21. The fourth-order valence-corrected chi connectivity index (χ4v) is 2.71. The van der Waals surface area contributed by atoms with Gasteiger partial charge in [-0.25, -0.2) is 8.78 Å². The molecule has 0 unspecified atom stereocenters. The topological polar surface area (TPSA) is 0 Å². The number of hydrogen-bond donors (Lipinski definition) is 0. The van der Waals surface area contributed by atoms with Gasteiger partial charge in [-0.1, -0.05) is 56.3 Å². The number of halogens is 2. The normalized spacial score (nSPS) is 11.7. The lowest BCUT2D eigenvalue weighted by molar-refractivity contribution is 0.509. The fourth-order valence-electron chi connectivity index (χ4n) is 1.92. The van der Waals surface area contributed by atoms with Crippen molar-refractivity contribution in [3.63, 3.8) is 0 Å². The van der Waals surface area contributed by atoms with E-state index in [2.05, 4.69) is 6.58 Å². The molecule has 4 radical (unpaired) electrons. The second-order valence-electron chi connectivity index (χ2n) is 4.71. The van der Waals surface area contributed by atoms with Crippen LogP contribution in [0.1, 0.15) is 26.3 Å². The molecule has 0 nitrogen and oxygen atoms in total. The maximum atomic E-state index is 14.3. The highest BCUT2D eigenvalue weighted by atomic mass is 32.1. The highest BCUT2D eigenvalue weighted by Gasteiger charge is 2.16. The van der Waals surface area contributed by atoms with Crippen LogP contribution >= 0.6 is 11.3 Å². The van der Waals surface area contributed by atoms with Crippen LogP contribution in [-0.4, -0.2) is 15.7 Å². The van der Waals surface area contributed by atoms with Crippen LogP contribution in [0.4, 0.5) is 8.78 Å². The summed E-state index contributed by atoms with van der Waals surface area (Å²) in [5, 5.41) is 0. The SMILES string of the molecule is CC.[B]/C(C=C)=C/C=C(\C)c1ccc(-c2ccc([B])s2)c(F)c1F. The van der Waals surface area contributed by atoms with E-state index in [-0.39, 0.29) is 11.1 Å². The van der Waals surface area contributed by atoms with E-state index in [1.165, 1.54) is 17.4 Å². The van der Waals surface area contributed by atoms with Gasteiger partial charge in [0, 0.05) is 16.0 Å². The van der Waals surface area contributed by atoms with Gasteiger partial charge >= 0.3 is 0 Å². The maximum Gasteiger partial charge on any atom is 0.168 e. The molecule has 120 valence electrons. The van der Waals surface area contributed by atoms with Gasteiger partial charge in [0.05, 0.1) is 0 Å². The number of benzene rings is 1. The molecule has 0 aliphatic carbocycles. The Bertz CT molecular complexity index is 774. The van der Waals surface area contributed by atoms with Crippen LogP contribution in [0.5, 0.6) is 0 Å². The van der Waals surface area contributed by atoms with E-state index < -0.39 is 11.6 Å². The number of hydrogen-bond acceptors (Lipinski definition) is 1. The van der Waals surface area contributed by atoms with Crippen molar-refractivity contribution in [1.29, 1.82) is 0 Å². The molecule has 24 heavy (non-hydrogen) atoms. The first kappa shape index (κ1) is 20.2. The van der Waals surface area contributed by atoms with Crippen molar-refractivity contribution in [3.05, 3.63) is 71.7 Å². The first-order valence-corrected chi connectivity index (χ1v) is 8.36. The van der Waals surface area contributed by atoms with Crippen LogP contribution < -0.4 is 4.78 Å². The van der Waals surface area contributed by atoms with Crippen LogP contribution in [-0.2, 0) is 0 Å². The maximum absolute atomic E-state index is 14.3. The first-order valence-electron chi connectivity index (χ1n) is 7.54. The molecular weight excluding hydrogens is 320 g/mol. The van der Waals surface area contributed by atoms with Crippen molar-refractivity contribution in [2.24, 2.45) is 0 Å². The lowest BCUT2D eigenvalue weighted by Gasteiger charge is -2.08. The summed E-state index contributed by atoms with van der Waals surface area (Å²) >= 11 is 1.21. The summed E-state index contributed by atoms with van der Waals surface area (Å²) in [6, 6.07) is 6.44. The van der Waals surface area contributed by atoms with Crippen LogP contribution in [0.2, 0.25) is 0 Å². The van der Waals surface area contributed by atoms with E-state index in [4.69, 9.17) is 15.7 Å². The predicted molar refractivity (Wildman–Crippen MR) is 104 cm³/mol. The molecule has 0 bridgehead atoms. The van der Waals surface area contributed by atoms with Gasteiger partial charge in [0.2, 0.25) is 0 Å². The van der Waals surface area contributed by atoms with E-state index in [1.807, 2.05) is 13.8 Å². The highest BCUT2D eigenvalue weighted by molar-refractivity contribution is 7.23. The van der Waals surface area contributed by atoms with Gasteiger partial charge in [0.25, 0.3) is 0 Å². The highest BCUT2D eigenvalue weighted by Crippen LogP contribution is 2.31. The molecule has 1 aromatic heterocycles. The fraction of sp³-hybridized carbons (Fsp3) is 0.158. The second-order valence-corrected chi connectivity index (χ2v) is 5.83. The Morgan fingerprint density at radius 1 is 1.08 bits per heavy atom. The lowest BCUT2D eigenvalue weighted by atomic mass is 9.94. The van der Waals surface area contributed by atoms with Crippen LogP contribution in [0.15, 0.2) is 54.5 Å². The monoisotopic (exact) mass is 338 g/mol. The molecule has 5 heteroatoms. The van der Waals surface area contributed by atoms with Crippen LogP contribution in [0.25, 0.3) is 16.0 Å². The van der Waals surface area contributed by atoms with Gasteiger partial charge in [0.15, 0.2) is 11.6 Å². The number of allylic oxidation sites excluding steroid dienone is 5. The van der Waals surface area contributed by atoms with E-state index in [1.54, 1.807) is 43.3 Å². The average molecular weight is 338 g/mol. The molecule has 2 aromatic rings. The predicted octanol–water partition coefficient (Wildman–Crippen LogP) is 5.16. The van der Waals surface area contributed by atoms with Gasteiger partial charge in [0.1, 0.15) is 15.7 Å². The summed E-state index contributed by atoms with van der Waals surface area (Å²) in [7, 11) is 11.2. The average Bonchev–Trinajstić information content (AvgIpc) is 3.02. The minimum atomic E-state index is -0.885. The van der Waals surface area contributed by atoms with Gasteiger partial charge < -0.3 is 0 Å². The minimum absolute atomic E-state index is 0.193. The van der Waals surface area contributed by atoms with E-state index >= 15 is 0 Å². The Morgan fingerprint density at radius 3 is 2.29 bits per heavy atom. The van der Waals surface area contributed by atoms with Crippen molar-refractivity contribution >= 4 is 37.4 Å². The quantitative estimate of drug-likeness (QED) is 0.534. The molecule has 0 N–H and O–H groups in total. The summed E-state index contributed by atoms with van der Waals surface area (Å²) in [5.74, 6) is -1.77. The van der Waals surface area contributed by atoms with Crippen molar-refractivity contribution in [3.8, 4) is 10.4 Å². The minimum Gasteiger partial charge on any atom is -0.203 e. The Hall–Kier alpha value is -1.87. The molecule has 0 fully saturated rings. The van der Waals surface area contributed by atoms with Gasteiger partial charge in [-0.15, -0.1) is 0 Å². The molecule has 0 aliphatic rings. The number of rotatable bonds is 4. The standard InChI is InChI=1S/C17H12B2F2S.C2H6/c1-3-11(18)5-4-10(2)12-6-7-13(17(21)16(12)20)14-8-9-15(19)22-14;1-2/h3-9H,1H2,2H3;1-2H3/b10-4+,11-5+;. The summed E-state index contributed by atoms with van der Waals surface area (Å²) < 4.78 is 29.1. The zero-order valence-electron chi connectivity index (χ0n) is 14.1. The largest absolute Gasteiger partial charge is 0.203 e. The van der Waals surface area contributed by atoms with Gasteiger partial charge in [-0.2, -0.15) is 11.3 Å². The smallest absolute Gasteiger partial charge is 0.168 e. The zero-order chi connectivity index (χ0) is 18.3. The van der Waals surface area contributed by atoms with Gasteiger partial charge in [-0.3, -0.25) is 0 Å². The van der Waals surface area contributed by atoms with E-state index in [0.717, 1.165) is 0 Å². The number of thiophene rings is 1. The summed E-state index contributed by atoms with van der Waals surface area (Å²) in [5.41, 5.74) is 1.42. The lowest BCUT2D eigenvalue weighted by Crippen LogP contribution is -1.95. The molecular formula is C19H18B2F2S. The van der Waals surface area contributed by atoms with Crippen molar-refractivity contribution in [2.75, 3.05) is 0 Å². The Kier molecular flexibility index (Phi) is 7.93. The molecule has 0 amide bonds. The third-order valence-corrected chi connectivity index (χ3v) is 4.11. The summed E-state index contributed by atoms with van der Waals surface area (Å²) in [4.78, 5) is 0.595. The Morgan fingerprint density at radius 2 is 1.75 bits per heavy atom. The molecule has 1 aromatic carbocycles. The van der Waals surface area contributed by atoms with Crippen molar-refractivity contribution in [2.45, 2.75) is 20.8 Å². The van der Waals surface area contributed by atoms with E-state index in [9.17, 15) is 8.78 Å². The summed E-state index contributed by atoms with van der Waals surface area (Å²) in [6.07, 6.45) is 4.69. The van der Waals surface area contributed by atoms with Crippen LogP contribution in [0, 0.1) is 11.6 Å². The molecule has 0 atom stereocenters. The second kappa shape index (κ2) is 9.43. The zero-order valence-corrected chi connectivity index (χ0v) is 14.9.